The Morgan fingerprint density at radius 2 is 1.48 bits per heavy atom. The van der Waals surface area contributed by atoms with Crippen LogP contribution in [0.15, 0.2) is 72.8 Å². The first kappa shape index (κ1) is 43.6. The highest BCUT2D eigenvalue weighted by Gasteiger charge is 2.45. The molecule has 3 aromatic carbocycles. The van der Waals surface area contributed by atoms with Crippen LogP contribution >= 0.6 is 0 Å². The molecule has 17 heteroatoms. The molecule has 4 aromatic rings. The van der Waals surface area contributed by atoms with Crippen LogP contribution in [-0.2, 0) is 14.4 Å². The lowest BCUT2D eigenvalue weighted by Crippen LogP contribution is -2.54. The minimum atomic E-state index is -0.996. The Bertz CT molecular complexity index is 2410. The molecule has 5 N–H and O–H groups in total. The molecule has 0 aliphatic carbocycles. The van der Waals surface area contributed by atoms with E-state index >= 15 is 0 Å². The van der Waals surface area contributed by atoms with Gasteiger partial charge in [0.1, 0.15) is 23.6 Å². The third-order valence-corrected chi connectivity index (χ3v) is 12.3. The number of nitrogen functional groups attached to an aromatic ring is 1. The number of para-hydroxylation sites is 1. The van der Waals surface area contributed by atoms with Gasteiger partial charge < -0.3 is 35.6 Å². The molecule has 8 rings (SSSR count). The number of carbonyl (C=O) groups excluding carboxylic acids is 6. The van der Waals surface area contributed by atoms with Gasteiger partial charge in [0, 0.05) is 62.4 Å². The summed E-state index contributed by atoms with van der Waals surface area (Å²) in [5.74, 6) is -0.941. The lowest BCUT2D eigenvalue weighted by molar-refractivity contribution is -0.136. The van der Waals surface area contributed by atoms with Crippen molar-refractivity contribution in [1.29, 1.82) is 0 Å². The lowest BCUT2D eigenvalue weighted by Gasteiger charge is -2.40. The number of anilines is 3. The van der Waals surface area contributed by atoms with E-state index in [9.17, 15) is 33.9 Å². The number of nitrogens with one attached hydrogen (secondary N) is 2. The zero-order valence-corrected chi connectivity index (χ0v) is 35.7. The second kappa shape index (κ2) is 19.6. The number of amides is 6. The average Bonchev–Trinajstić information content (AvgIpc) is 3.54. The summed E-state index contributed by atoms with van der Waals surface area (Å²) in [4.78, 5) is 83.3. The van der Waals surface area contributed by atoms with Gasteiger partial charge in [0.2, 0.25) is 17.7 Å². The number of ether oxygens (including phenoxy) is 1. The average molecular weight is 872 g/mol. The van der Waals surface area contributed by atoms with Crippen LogP contribution in [0.2, 0.25) is 0 Å². The zero-order chi connectivity index (χ0) is 44.7. The molecular formula is C47H53N9O8. The van der Waals surface area contributed by atoms with Crippen LogP contribution in [0.1, 0.15) is 95.3 Å². The molecule has 6 amide bonds. The zero-order valence-electron chi connectivity index (χ0n) is 35.7. The normalized spacial score (nSPS) is 17.6. The van der Waals surface area contributed by atoms with Crippen molar-refractivity contribution in [2.45, 2.75) is 76.4 Å². The maximum atomic E-state index is 13.3. The minimum Gasteiger partial charge on any atom is -0.507 e. The summed E-state index contributed by atoms with van der Waals surface area (Å²) >= 11 is 0. The lowest BCUT2D eigenvalue weighted by atomic mass is 10.0. The van der Waals surface area contributed by atoms with E-state index < -0.39 is 29.7 Å². The Balaban J connectivity index is 0.676. The van der Waals surface area contributed by atoms with Gasteiger partial charge in [-0.3, -0.25) is 39.0 Å². The number of hydrogen-bond donors (Lipinski definition) is 4. The van der Waals surface area contributed by atoms with Crippen molar-refractivity contribution in [3.05, 3.63) is 89.5 Å². The van der Waals surface area contributed by atoms with Crippen molar-refractivity contribution in [3.63, 3.8) is 0 Å². The molecule has 0 radical (unpaired) electrons. The van der Waals surface area contributed by atoms with Gasteiger partial charge in [-0.05, 0) is 73.9 Å². The number of piperidine rings is 1. The van der Waals surface area contributed by atoms with E-state index in [1.165, 1.54) is 0 Å². The number of phenols is 1. The smallest absolute Gasteiger partial charge is 0.264 e. The highest BCUT2D eigenvalue weighted by atomic mass is 16.5. The van der Waals surface area contributed by atoms with Crippen LogP contribution in [0.5, 0.6) is 11.5 Å². The molecule has 1 unspecified atom stereocenters. The Hall–Kier alpha value is -7.04. The van der Waals surface area contributed by atoms with Crippen LogP contribution in [0, 0.1) is 0 Å². The number of aromatic nitrogens is 2. The van der Waals surface area contributed by atoms with Gasteiger partial charge in [-0.1, -0.05) is 50.3 Å². The van der Waals surface area contributed by atoms with Gasteiger partial charge in [-0.2, -0.15) is 0 Å². The number of fused-ring (bicyclic) bond motifs is 1. The van der Waals surface area contributed by atoms with E-state index in [0.717, 1.165) is 55.5 Å². The van der Waals surface area contributed by atoms with Crippen LogP contribution in [0.25, 0.3) is 11.3 Å². The Morgan fingerprint density at radius 1 is 0.797 bits per heavy atom. The maximum absolute atomic E-state index is 13.3. The number of unbranched alkanes of at least 4 members (excludes halogenated alkanes) is 6. The quantitative estimate of drug-likeness (QED) is 0.0842. The molecule has 0 spiro atoms. The third kappa shape index (κ3) is 9.62. The number of piperazine rings is 1. The van der Waals surface area contributed by atoms with Gasteiger partial charge >= 0.3 is 0 Å². The Kier molecular flexibility index (Phi) is 13.3. The number of hydrogen-bond acceptors (Lipinski definition) is 13. The molecule has 3 fully saturated rings. The molecule has 1 aromatic heterocycles. The molecule has 334 valence electrons. The highest BCUT2D eigenvalue weighted by molar-refractivity contribution is 6.25. The van der Waals surface area contributed by atoms with E-state index in [0.29, 0.717) is 86.3 Å². The van der Waals surface area contributed by atoms with Gasteiger partial charge in [0.05, 0.1) is 35.6 Å². The monoisotopic (exact) mass is 871 g/mol. The summed E-state index contributed by atoms with van der Waals surface area (Å²) in [5.41, 5.74) is 9.62. The third-order valence-electron chi connectivity index (χ3n) is 12.3. The van der Waals surface area contributed by atoms with E-state index in [1.54, 1.807) is 65.6 Å². The van der Waals surface area contributed by atoms with Crippen LogP contribution in [-0.4, -0.2) is 123 Å². The van der Waals surface area contributed by atoms with E-state index in [1.807, 2.05) is 21.9 Å². The summed E-state index contributed by atoms with van der Waals surface area (Å²) in [6.45, 7) is 3.80. The van der Waals surface area contributed by atoms with Gasteiger partial charge in [0.15, 0.2) is 5.82 Å². The molecule has 4 aliphatic heterocycles. The molecular weight excluding hydrogens is 819 g/mol. The fourth-order valence-corrected chi connectivity index (χ4v) is 8.71. The molecule has 1 atom stereocenters. The largest absolute Gasteiger partial charge is 0.507 e. The topological polar surface area (TPSA) is 221 Å². The van der Waals surface area contributed by atoms with Gasteiger partial charge in [-0.15, -0.1) is 10.2 Å². The number of rotatable bonds is 17. The first-order valence-corrected chi connectivity index (χ1v) is 22.1. The number of imide groups is 2. The van der Waals surface area contributed by atoms with Crippen LogP contribution < -0.4 is 26.0 Å². The van der Waals surface area contributed by atoms with Crippen LogP contribution in [0.4, 0.5) is 17.2 Å². The predicted molar refractivity (Wildman–Crippen MR) is 238 cm³/mol. The fraction of sp³-hybridized carbons (Fsp3) is 0.404. The SMILES string of the molecule is Nc1nnc(-c2ccccc2O)cc1N1CC(Oc2ccc(C(=O)N3CCN(C(=O)CCCCCCCCCNc4cccc5c4C(=O)N(C4CCC(=O)NC4=O)C5=O)CC3)cc2)C1. The molecule has 0 bridgehead atoms. The molecule has 3 saturated heterocycles. The van der Waals surface area contributed by atoms with Crippen molar-refractivity contribution >= 4 is 52.6 Å². The number of nitrogens with two attached hydrogens (primary N) is 1. The van der Waals surface area contributed by atoms with Crippen molar-refractivity contribution in [3.8, 4) is 22.8 Å². The molecule has 5 heterocycles. The predicted octanol–water partition coefficient (Wildman–Crippen LogP) is 4.62. The fourth-order valence-electron chi connectivity index (χ4n) is 8.71. The van der Waals surface area contributed by atoms with Crippen molar-refractivity contribution < 1.29 is 38.6 Å². The number of phenolic OH excluding ortho intramolecular Hbond substituents is 1. The highest BCUT2D eigenvalue weighted by Crippen LogP contribution is 2.35. The number of carbonyl (C=O) groups is 6. The first-order chi connectivity index (χ1) is 31.0. The van der Waals surface area contributed by atoms with Gasteiger partial charge in [-0.25, -0.2) is 0 Å². The van der Waals surface area contributed by atoms with Crippen molar-refractivity contribution in [1.82, 2.24) is 30.2 Å². The standard InChI is InChI=1S/C47H53N9O8/c48-43-38(27-36(51-52-43)33-11-7-8-14-39(33)57)55-28-32(29-55)64-31-18-16-30(17-19-31)45(61)54-25-23-53(24-26-54)41(59)15-6-4-2-1-3-5-9-22-49-35-13-10-12-34-42(35)47(63)56(46(34)62)37-20-21-40(58)50-44(37)60/h7-8,10-14,16-19,27,32,37,49,57H,1-6,9,15,20-26,28-29H2,(H2,48,52)(H,50,58,60). The molecule has 17 nitrogen and oxygen atoms in total. The van der Waals surface area contributed by atoms with Crippen molar-refractivity contribution in [2.24, 2.45) is 0 Å². The summed E-state index contributed by atoms with van der Waals surface area (Å²) in [6, 6.07) is 20.0. The second-order valence-corrected chi connectivity index (χ2v) is 16.7. The van der Waals surface area contributed by atoms with E-state index in [-0.39, 0.29) is 47.6 Å². The summed E-state index contributed by atoms with van der Waals surface area (Å²) in [7, 11) is 0. The number of aromatic hydroxyl groups is 1. The Labute approximate surface area is 370 Å². The maximum Gasteiger partial charge on any atom is 0.264 e. The molecule has 64 heavy (non-hydrogen) atoms. The van der Waals surface area contributed by atoms with Crippen LogP contribution in [0.3, 0.4) is 0 Å². The Morgan fingerprint density at radius 3 is 2.22 bits per heavy atom. The molecule has 4 aliphatic rings. The van der Waals surface area contributed by atoms with E-state index in [2.05, 4.69) is 20.8 Å². The van der Waals surface area contributed by atoms with Crippen molar-refractivity contribution in [2.75, 3.05) is 61.8 Å². The second-order valence-electron chi connectivity index (χ2n) is 16.7. The van der Waals surface area contributed by atoms with Gasteiger partial charge in [0.25, 0.3) is 17.7 Å². The van der Waals surface area contributed by atoms with E-state index in [4.69, 9.17) is 10.5 Å². The summed E-state index contributed by atoms with van der Waals surface area (Å²) in [6.07, 6.45) is 7.40. The summed E-state index contributed by atoms with van der Waals surface area (Å²) in [5, 5.41) is 24.0. The minimum absolute atomic E-state index is 0.0706. The number of benzene rings is 3. The number of nitrogens with zero attached hydrogens (tertiary/aromatic N) is 6. The molecule has 0 saturated carbocycles. The first-order valence-electron chi connectivity index (χ1n) is 22.1. The summed E-state index contributed by atoms with van der Waals surface area (Å²) < 4.78 is 6.16.